The molecule has 26 heavy (non-hydrogen) atoms. The number of pyridine rings is 1. The Morgan fingerprint density at radius 3 is 2.85 bits per heavy atom. The topological polar surface area (TPSA) is 105 Å². The van der Waals surface area contributed by atoms with Crippen LogP contribution in [0.3, 0.4) is 0 Å². The Morgan fingerprint density at radius 1 is 1.31 bits per heavy atom. The van der Waals surface area contributed by atoms with Crippen LogP contribution >= 0.6 is 0 Å². The maximum Gasteiger partial charge on any atom is 0.213 e. The standard InChI is InChI=1S/C17H29N5O3S/c1-18-17(20-10-8-15-6-2-4-9-19-15)21-11-13-26(23,24)22-14-16-7-3-5-12-25-16/h2,4,6,9,16,22H,3,5,7-8,10-14H2,1H3,(H2,18,20,21). The first kappa shape index (κ1) is 20.6. The first-order chi connectivity index (χ1) is 12.6. The predicted molar refractivity (Wildman–Crippen MR) is 103 cm³/mol. The summed E-state index contributed by atoms with van der Waals surface area (Å²) in [5, 5.41) is 6.17. The molecule has 1 atom stereocenters. The second-order valence-electron chi connectivity index (χ2n) is 6.15. The molecule has 2 heterocycles. The van der Waals surface area contributed by atoms with E-state index in [4.69, 9.17) is 4.74 Å². The molecule has 1 saturated heterocycles. The molecule has 2 rings (SSSR count). The van der Waals surface area contributed by atoms with E-state index >= 15 is 0 Å². The number of nitrogens with one attached hydrogen (secondary N) is 3. The minimum Gasteiger partial charge on any atom is -0.377 e. The van der Waals surface area contributed by atoms with E-state index in [1.165, 1.54) is 0 Å². The summed E-state index contributed by atoms with van der Waals surface area (Å²) < 4.78 is 32.3. The molecule has 3 N–H and O–H groups in total. The van der Waals surface area contributed by atoms with E-state index in [9.17, 15) is 8.42 Å². The van der Waals surface area contributed by atoms with Crippen LogP contribution in [0.4, 0.5) is 0 Å². The largest absolute Gasteiger partial charge is 0.377 e. The fourth-order valence-corrected chi connectivity index (χ4v) is 3.59. The van der Waals surface area contributed by atoms with Gasteiger partial charge in [0, 0.05) is 51.6 Å². The van der Waals surface area contributed by atoms with Gasteiger partial charge in [0.1, 0.15) is 0 Å². The van der Waals surface area contributed by atoms with E-state index in [0.717, 1.165) is 31.4 Å². The minimum absolute atomic E-state index is 0.00693. The first-order valence-corrected chi connectivity index (χ1v) is 10.7. The SMILES string of the molecule is CN=C(NCCc1ccccn1)NCCS(=O)(=O)NCC1CCCCO1. The Kier molecular flexibility index (Phi) is 8.79. The molecule has 0 aliphatic carbocycles. The minimum atomic E-state index is -3.33. The maximum atomic E-state index is 12.1. The van der Waals surface area contributed by atoms with Crippen LogP contribution < -0.4 is 15.4 Å². The van der Waals surface area contributed by atoms with Gasteiger partial charge in [-0.1, -0.05) is 6.07 Å². The van der Waals surface area contributed by atoms with Crippen LogP contribution in [0.5, 0.6) is 0 Å². The number of rotatable bonds is 9. The summed E-state index contributed by atoms with van der Waals surface area (Å²) in [7, 11) is -1.68. The number of aliphatic imine (C=N–C) groups is 1. The molecule has 1 aliphatic heterocycles. The van der Waals surface area contributed by atoms with Gasteiger partial charge in [-0.3, -0.25) is 9.98 Å². The van der Waals surface area contributed by atoms with Crippen molar-refractivity contribution in [2.45, 2.75) is 31.8 Å². The maximum absolute atomic E-state index is 12.1. The zero-order valence-corrected chi connectivity index (χ0v) is 16.1. The number of hydrogen-bond donors (Lipinski definition) is 3. The van der Waals surface area contributed by atoms with Crippen molar-refractivity contribution in [2.75, 3.05) is 39.0 Å². The van der Waals surface area contributed by atoms with E-state index in [0.29, 0.717) is 25.7 Å². The Morgan fingerprint density at radius 2 is 2.15 bits per heavy atom. The lowest BCUT2D eigenvalue weighted by molar-refractivity contribution is 0.0200. The van der Waals surface area contributed by atoms with Gasteiger partial charge >= 0.3 is 0 Å². The lowest BCUT2D eigenvalue weighted by Crippen LogP contribution is -2.43. The predicted octanol–water partition coefficient (Wildman–Crippen LogP) is 0.278. The van der Waals surface area contributed by atoms with Gasteiger partial charge in [0.25, 0.3) is 0 Å². The molecular weight excluding hydrogens is 354 g/mol. The van der Waals surface area contributed by atoms with Gasteiger partial charge in [0.15, 0.2) is 5.96 Å². The number of aromatic nitrogens is 1. The zero-order valence-electron chi connectivity index (χ0n) is 15.3. The molecule has 0 bridgehead atoms. The third-order valence-electron chi connectivity index (χ3n) is 4.09. The third kappa shape index (κ3) is 8.11. The molecule has 8 nitrogen and oxygen atoms in total. The summed E-state index contributed by atoms with van der Waals surface area (Å²) in [5.74, 6) is 0.562. The molecular formula is C17H29N5O3S. The Balaban J connectivity index is 1.62. The molecule has 146 valence electrons. The quantitative estimate of drug-likeness (QED) is 0.418. The van der Waals surface area contributed by atoms with E-state index in [-0.39, 0.29) is 18.4 Å². The molecule has 1 aliphatic rings. The summed E-state index contributed by atoms with van der Waals surface area (Å²) in [6.07, 6.45) is 5.58. The Bertz CT molecular complexity index is 646. The first-order valence-electron chi connectivity index (χ1n) is 9.02. The number of guanidine groups is 1. The number of hydrogen-bond acceptors (Lipinski definition) is 5. The number of nitrogens with zero attached hydrogens (tertiary/aromatic N) is 2. The van der Waals surface area contributed by atoms with Crippen molar-refractivity contribution in [3.05, 3.63) is 30.1 Å². The molecule has 0 aromatic carbocycles. The number of ether oxygens (including phenoxy) is 1. The van der Waals surface area contributed by atoms with Crippen molar-refractivity contribution in [1.29, 1.82) is 0 Å². The fraction of sp³-hybridized carbons (Fsp3) is 0.647. The van der Waals surface area contributed by atoms with Crippen LogP contribution in [0.2, 0.25) is 0 Å². The van der Waals surface area contributed by atoms with E-state index in [2.05, 4.69) is 25.3 Å². The smallest absolute Gasteiger partial charge is 0.213 e. The van der Waals surface area contributed by atoms with Gasteiger partial charge in [-0.05, 0) is 31.4 Å². The molecule has 9 heteroatoms. The molecule has 1 aromatic heterocycles. The Labute approximate surface area is 155 Å². The van der Waals surface area contributed by atoms with Gasteiger partial charge in [0.2, 0.25) is 10.0 Å². The second kappa shape index (κ2) is 11.1. The van der Waals surface area contributed by atoms with Crippen LogP contribution in [0.25, 0.3) is 0 Å². The molecule has 0 radical (unpaired) electrons. The van der Waals surface area contributed by atoms with E-state index in [1.807, 2.05) is 18.2 Å². The average molecular weight is 384 g/mol. The monoisotopic (exact) mass is 383 g/mol. The highest BCUT2D eigenvalue weighted by Crippen LogP contribution is 2.11. The lowest BCUT2D eigenvalue weighted by Gasteiger charge is -2.22. The summed E-state index contributed by atoms with van der Waals surface area (Å²) in [6, 6.07) is 5.80. The van der Waals surface area contributed by atoms with Gasteiger partial charge in [0.05, 0.1) is 11.9 Å². The molecule has 1 fully saturated rings. The molecule has 1 unspecified atom stereocenters. The van der Waals surface area contributed by atoms with Crippen LogP contribution in [0, 0.1) is 0 Å². The highest BCUT2D eigenvalue weighted by Gasteiger charge is 2.17. The molecule has 0 spiro atoms. The van der Waals surface area contributed by atoms with Crippen molar-refractivity contribution in [3.63, 3.8) is 0 Å². The Hall–Kier alpha value is -1.71. The summed E-state index contributed by atoms with van der Waals surface area (Å²) >= 11 is 0. The van der Waals surface area contributed by atoms with Gasteiger partial charge in [-0.25, -0.2) is 13.1 Å². The second-order valence-corrected chi connectivity index (χ2v) is 8.08. The average Bonchev–Trinajstić information content (AvgIpc) is 2.67. The highest BCUT2D eigenvalue weighted by atomic mass is 32.2. The van der Waals surface area contributed by atoms with Crippen LogP contribution in [0.15, 0.2) is 29.4 Å². The zero-order chi connectivity index (χ0) is 18.7. The van der Waals surface area contributed by atoms with E-state index < -0.39 is 10.0 Å². The summed E-state index contributed by atoms with van der Waals surface area (Å²) in [4.78, 5) is 8.35. The molecule has 1 aromatic rings. The number of sulfonamides is 1. The van der Waals surface area contributed by atoms with Gasteiger partial charge < -0.3 is 15.4 Å². The summed E-state index contributed by atoms with van der Waals surface area (Å²) in [6.45, 7) is 2.01. The van der Waals surface area contributed by atoms with E-state index in [1.54, 1.807) is 13.2 Å². The van der Waals surface area contributed by atoms with Gasteiger partial charge in [-0.2, -0.15) is 0 Å². The van der Waals surface area contributed by atoms with Gasteiger partial charge in [-0.15, -0.1) is 0 Å². The van der Waals surface area contributed by atoms with Crippen LogP contribution in [0.1, 0.15) is 25.0 Å². The van der Waals surface area contributed by atoms with Crippen molar-refractivity contribution >= 4 is 16.0 Å². The van der Waals surface area contributed by atoms with Crippen molar-refractivity contribution in [2.24, 2.45) is 4.99 Å². The van der Waals surface area contributed by atoms with Crippen molar-refractivity contribution < 1.29 is 13.2 Å². The van der Waals surface area contributed by atoms with Crippen LogP contribution in [-0.2, 0) is 21.2 Å². The summed E-state index contributed by atoms with van der Waals surface area (Å²) in [5.41, 5.74) is 0.993. The van der Waals surface area contributed by atoms with Crippen molar-refractivity contribution in [1.82, 2.24) is 20.3 Å². The molecule has 0 amide bonds. The lowest BCUT2D eigenvalue weighted by atomic mass is 10.1. The fourth-order valence-electron chi connectivity index (χ4n) is 2.64. The third-order valence-corrected chi connectivity index (χ3v) is 5.44. The van der Waals surface area contributed by atoms with Crippen molar-refractivity contribution in [3.8, 4) is 0 Å². The van der Waals surface area contributed by atoms with Crippen LogP contribution in [-0.4, -0.2) is 64.5 Å². The normalized spacial score (nSPS) is 18.5. The highest BCUT2D eigenvalue weighted by molar-refractivity contribution is 7.89. The molecule has 0 saturated carbocycles.